The number of carbonyl (C=O) groups is 1. The van der Waals surface area contributed by atoms with Gasteiger partial charge in [0.2, 0.25) is 5.52 Å². The number of benzene rings is 1. The summed E-state index contributed by atoms with van der Waals surface area (Å²) in [4.78, 5) is 12.4. The average molecular weight is 294 g/mol. The van der Waals surface area contributed by atoms with Gasteiger partial charge in [-0.25, -0.2) is 0 Å². The number of hydrogen-bond donors (Lipinski definition) is 0. The second-order valence-corrected chi connectivity index (χ2v) is 6.74. The van der Waals surface area contributed by atoms with Crippen LogP contribution in [0.2, 0.25) is 0 Å². The van der Waals surface area contributed by atoms with Crippen molar-refractivity contribution in [1.29, 1.82) is 0 Å². The van der Waals surface area contributed by atoms with Crippen molar-refractivity contribution >= 4 is 13.3 Å². The van der Waals surface area contributed by atoms with Crippen molar-refractivity contribution in [3.63, 3.8) is 0 Å². The monoisotopic (exact) mass is 294 g/mol. The van der Waals surface area contributed by atoms with Crippen molar-refractivity contribution in [1.82, 2.24) is 0 Å². The summed E-state index contributed by atoms with van der Waals surface area (Å²) in [5.74, 6) is 0. The van der Waals surface area contributed by atoms with Crippen LogP contribution in [-0.4, -0.2) is 24.9 Å². The molecule has 1 aromatic rings. The molecule has 0 heterocycles. The maximum absolute atomic E-state index is 12.4. The normalized spacial score (nSPS) is 12.2. The lowest BCUT2D eigenvalue weighted by atomic mass is 10.0. The molecular formula is C16H23O3P. The van der Waals surface area contributed by atoms with Crippen LogP contribution >= 0.6 is 7.80 Å². The lowest BCUT2D eigenvalue weighted by Crippen LogP contribution is -2.05. The first-order valence-electron chi connectivity index (χ1n) is 6.76. The molecular weight excluding hydrogens is 271 g/mol. The molecule has 0 N–H and O–H groups in total. The molecule has 1 aromatic carbocycles. The summed E-state index contributed by atoms with van der Waals surface area (Å²) in [6.07, 6.45) is 0.232. The van der Waals surface area contributed by atoms with Crippen LogP contribution in [0.15, 0.2) is 24.3 Å². The highest BCUT2D eigenvalue weighted by Crippen LogP contribution is 2.32. The minimum Gasteiger partial charge on any atom is -0.377 e. The summed E-state index contributed by atoms with van der Waals surface area (Å²) in [5.41, 5.74) is 3.96. The number of ether oxygens (including phenoxy) is 1. The van der Waals surface area contributed by atoms with E-state index < -0.39 is 7.80 Å². The quantitative estimate of drug-likeness (QED) is 0.566. The van der Waals surface area contributed by atoms with Crippen LogP contribution < -0.4 is 0 Å². The Morgan fingerprint density at radius 3 is 2.30 bits per heavy atom. The van der Waals surface area contributed by atoms with Crippen molar-refractivity contribution in [3.05, 3.63) is 46.5 Å². The zero-order valence-electron chi connectivity index (χ0n) is 12.7. The number of aryl methyl sites for hydroxylation is 3. The third-order valence-corrected chi connectivity index (χ3v) is 4.66. The molecule has 0 aliphatic carbocycles. The zero-order chi connectivity index (χ0) is 15.3. The molecule has 4 heteroatoms. The fourth-order valence-corrected chi connectivity index (χ4v) is 3.67. The van der Waals surface area contributed by atoms with Crippen LogP contribution in [-0.2, 0) is 9.30 Å². The third kappa shape index (κ3) is 4.43. The lowest BCUT2D eigenvalue weighted by Gasteiger charge is -2.11. The van der Waals surface area contributed by atoms with E-state index in [1.807, 2.05) is 39.8 Å². The second-order valence-electron chi connectivity index (χ2n) is 5.09. The zero-order valence-corrected chi connectivity index (χ0v) is 13.7. The van der Waals surface area contributed by atoms with Gasteiger partial charge in [-0.3, -0.25) is 4.79 Å². The van der Waals surface area contributed by atoms with Crippen LogP contribution in [0.3, 0.4) is 0 Å². The van der Waals surface area contributed by atoms with E-state index in [4.69, 9.17) is 4.74 Å². The van der Waals surface area contributed by atoms with Crippen LogP contribution in [0.1, 0.15) is 34.0 Å². The van der Waals surface area contributed by atoms with Gasteiger partial charge in [-0.1, -0.05) is 24.3 Å². The van der Waals surface area contributed by atoms with E-state index in [1.165, 1.54) is 0 Å². The van der Waals surface area contributed by atoms with Gasteiger partial charge in [0.1, 0.15) is 7.80 Å². The minimum absolute atomic E-state index is 0.232. The summed E-state index contributed by atoms with van der Waals surface area (Å²) in [6, 6.07) is 3.90. The van der Waals surface area contributed by atoms with Gasteiger partial charge in [0.05, 0.1) is 6.61 Å². The fraction of sp³-hybridized carbons (Fsp3) is 0.438. The van der Waals surface area contributed by atoms with E-state index in [9.17, 15) is 9.36 Å². The minimum atomic E-state index is -2.37. The van der Waals surface area contributed by atoms with Gasteiger partial charge < -0.3 is 9.30 Å². The molecule has 1 unspecified atom stereocenters. The molecule has 0 amide bonds. The van der Waals surface area contributed by atoms with Gasteiger partial charge in [-0.2, -0.15) is 0 Å². The van der Waals surface area contributed by atoms with Crippen molar-refractivity contribution in [2.45, 2.75) is 27.7 Å². The van der Waals surface area contributed by atoms with Crippen LogP contribution in [0.4, 0.5) is 0 Å². The Bertz CT molecular complexity index is 524. The average Bonchev–Trinajstić information content (AvgIpc) is 2.34. The summed E-state index contributed by atoms with van der Waals surface area (Å²) in [5, 5.41) is 0. The maximum atomic E-state index is 12.4. The molecule has 0 saturated heterocycles. The molecule has 1 atom stereocenters. The molecule has 1 rings (SSSR count). The molecule has 0 aliphatic rings. The predicted octanol–water partition coefficient (Wildman–Crippen LogP) is 3.90. The molecule has 0 bridgehead atoms. The fourth-order valence-electron chi connectivity index (χ4n) is 2.28. The first-order valence-corrected chi connectivity index (χ1v) is 8.38. The Hall–Kier alpha value is -1.18. The van der Waals surface area contributed by atoms with E-state index in [2.05, 4.69) is 6.58 Å². The summed E-state index contributed by atoms with van der Waals surface area (Å²) >= 11 is 0. The van der Waals surface area contributed by atoms with Gasteiger partial charge in [0.15, 0.2) is 0 Å². The molecule has 3 nitrogen and oxygen atoms in total. The third-order valence-electron chi connectivity index (χ3n) is 3.08. The summed E-state index contributed by atoms with van der Waals surface area (Å²) in [6.45, 7) is 12.4. The molecule has 0 saturated carbocycles. The molecule has 20 heavy (non-hydrogen) atoms. The van der Waals surface area contributed by atoms with E-state index >= 15 is 0 Å². The Labute approximate surface area is 121 Å². The molecule has 0 spiro atoms. The maximum Gasteiger partial charge on any atom is 0.219 e. The Morgan fingerprint density at radius 1 is 1.25 bits per heavy atom. The number of carbonyl (C=O) groups excluding carboxylic acids is 1. The largest absolute Gasteiger partial charge is 0.377 e. The van der Waals surface area contributed by atoms with Crippen molar-refractivity contribution < 1.29 is 14.1 Å². The highest BCUT2D eigenvalue weighted by molar-refractivity contribution is 7.64. The molecule has 0 radical (unpaired) electrons. The van der Waals surface area contributed by atoms with E-state index in [-0.39, 0.29) is 11.7 Å². The molecule has 0 aliphatic heterocycles. The SMILES string of the molecule is C=C(COCC)C[PH](=O)C(=O)c1c(C)cc(C)cc1C. The van der Waals surface area contributed by atoms with Gasteiger partial charge >= 0.3 is 0 Å². The van der Waals surface area contributed by atoms with Gasteiger partial charge in [0.25, 0.3) is 0 Å². The van der Waals surface area contributed by atoms with Gasteiger partial charge in [-0.15, -0.1) is 0 Å². The topological polar surface area (TPSA) is 43.4 Å². The van der Waals surface area contributed by atoms with Crippen molar-refractivity contribution in [2.24, 2.45) is 0 Å². The van der Waals surface area contributed by atoms with Crippen LogP contribution in [0, 0.1) is 20.8 Å². The smallest absolute Gasteiger partial charge is 0.219 e. The second kappa shape index (κ2) is 7.56. The van der Waals surface area contributed by atoms with Crippen LogP contribution in [0.25, 0.3) is 0 Å². The van der Waals surface area contributed by atoms with Crippen molar-refractivity contribution in [3.8, 4) is 0 Å². The number of hydrogen-bond acceptors (Lipinski definition) is 3. The Balaban J connectivity index is 2.85. The standard InChI is InChI=1S/C16H23O3P/c1-6-19-9-12(3)10-20(18)16(17)15-13(4)7-11(2)8-14(15)5/h7-8,20H,3,6,9-10H2,1-2,4-5H3. The summed E-state index contributed by atoms with van der Waals surface area (Å²) < 4.78 is 17.4. The van der Waals surface area contributed by atoms with Gasteiger partial charge in [0, 0.05) is 18.3 Å². The van der Waals surface area contributed by atoms with E-state index in [0.717, 1.165) is 16.7 Å². The number of rotatable bonds is 7. The van der Waals surface area contributed by atoms with E-state index in [1.54, 1.807) is 0 Å². The van der Waals surface area contributed by atoms with Crippen molar-refractivity contribution in [2.75, 3.05) is 19.4 Å². The van der Waals surface area contributed by atoms with Gasteiger partial charge in [-0.05, 0) is 44.4 Å². The first-order chi connectivity index (χ1) is 9.36. The predicted molar refractivity (Wildman–Crippen MR) is 84.5 cm³/mol. The molecule has 110 valence electrons. The Kier molecular flexibility index (Phi) is 6.38. The van der Waals surface area contributed by atoms with E-state index in [0.29, 0.717) is 24.4 Å². The Morgan fingerprint density at radius 2 is 1.80 bits per heavy atom. The lowest BCUT2D eigenvalue weighted by molar-refractivity contribution is 0.107. The van der Waals surface area contributed by atoms with Crippen LogP contribution in [0.5, 0.6) is 0 Å². The first kappa shape index (κ1) is 16.9. The summed E-state index contributed by atoms with van der Waals surface area (Å²) in [7, 11) is -2.37. The highest BCUT2D eigenvalue weighted by Gasteiger charge is 2.19. The highest BCUT2D eigenvalue weighted by atomic mass is 31.1. The molecule has 0 aromatic heterocycles. The molecule has 0 fully saturated rings.